The van der Waals surface area contributed by atoms with Crippen LogP contribution in [0, 0.1) is 0 Å². The summed E-state index contributed by atoms with van der Waals surface area (Å²) in [6, 6.07) is 6.15. The van der Waals surface area contributed by atoms with Crippen LogP contribution < -0.4 is 5.73 Å². The molecule has 3 N–H and O–H groups in total. The summed E-state index contributed by atoms with van der Waals surface area (Å²) in [7, 11) is 0. The summed E-state index contributed by atoms with van der Waals surface area (Å²) < 4.78 is 0. The van der Waals surface area contributed by atoms with Crippen LogP contribution in [0.1, 0.15) is 37.0 Å². The van der Waals surface area contributed by atoms with Gasteiger partial charge in [0.05, 0.1) is 5.56 Å². The first-order chi connectivity index (χ1) is 6.63. The number of nitrogens with two attached hydrogens (primary N) is 1. The van der Waals surface area contributed by atoms with Crippen LogP contribution in [0.3, 0.4) is 0 Å². The van der Waals surface area contributed by atoms with Gasteiger partial charge in [-0.05, 0) is 12.1 Å². The molecule has 0 aliphatic carbocycles. The second kappa shape index (κ2) is 6.95. The van der Waals surface area contributed by atoms with Gasteiger partial charge in [0.2, 0.25) is 0 Å². The fourth-order valence-corrected chi connectivity index (χ4v) is 0.682. The van der Waals surface area contributed by atoms with Gasteiger partial charge in [0.15, 0.2) is 0 Å². The third-order valence-electron chi connectivity index (χ3n) is 1.67. The molecule has 0 aliphatic rings. The highest BCUT2D eigenvalue weighted by Gasteiger charge is 2.03. The zero-order valence-corrected chi connectivity index (χ0v) is 8.66. The van der Waals surface area contributed by atoms with Gasteiger partial charge in [-0.2, -0.15) is 0 Å². The van der Waals surface area contributed by atoms with E-state index >= 15 is 0 Å². The van der Waals surface area contributed by atoms with E-state index in [4.69, 9.17) is 10.8 Å². The second-order valence-corrected chi connectivity index (χ2v) is 2.88. The molecule has 0 unspecified atom stereocenters. The molecule has 0 saturated heterocycles. The molecule has 0 heterocycles. The van der Waals surface area contributed by atoms with Crippen molar-refractivity contribution in [1.29, 1.82) is 0 Å². The number of phenols is 1. The van der Waals surface area contributed by atoms with E-state index < -0.39 is 5.91 Å². The molecule has 0 aliphatic heterocycles. The molecule has 0 spiro atoms. The van der Waals surface area contributed by atoms with Crippen LogP contribution in [0.15, 0.2) is 24.3 Å². The number of unbranched alkanes of at least 4 members (excludes halogenated alkanes) is 1. The van der Waals surface area contributed by atoms with Crippen molar-refractivity contribution in [3.8, 4) is 5.75 Å². The van der Waals surface area contributed by atoms with Crippen molar-refractivity contribution < 1.29 is 9.90 Å². The number of amides is 1. The van der Waals surface area contributed by atoms with Crippen LogP contribution in [-0.2, 0) is 0 Å². The number of hydrogen-bond donors (Lipinski definition) is 2. The Labute approximate surface area is 84.6 Å². The monoisotopic (exact) mass is 195 g/mol. The van der Waals surface area contributed by atoms with Crippen molar-refractivity contribution in [3.63, 3.8) is 0 Å². The van der Waals surface area contributed by atoms with Gasteiger partial charge >= 0.3 is 0 Å². The van der Waals surface area contributed by atoms with Crippen LogP contribution in [0.2, 0.25) is 0 Å². The Balaban J connectivity index is 0.000000364. The lowest BCUT2D eigenvalue weighted by Gasteiger charge is -1.96. The molecule has 0 atom stereocenters. The molecule has 0 radical (unpaired) electrons. The molecular weight excluding hydrogens is 178 g/mol. The molecule has 0 aromatic heterocycles. The molecule has 78 valence electrons. The van der Waals surface area contributed by atoms with Gasteiger partial charge < -0.3 is 10.8 Å². The summed E-state index contributed by atoms with van der Waals surface area (Å²) in [5.74, 6) is -0.687. The lowest BCUT2D eigenvalue weighted by molar-refractivity contribution is 0.0998. The van der Waals surface area contributed by atoms with E-state index in [2.05, 4.69) is 13.8 Å². The van der Waals surface area contributed by atoms with Crippen LogP contribution >= 0.6 is 0 Å². The summed E-state index contributed by atoms with van der Waals surface area (Å²) in [6.07, 6.45) is 2.64. The van der Waals surface area contributed by atoms with Gasteiger partial charge in [0, 0.05) is 0 Å². The number of benzene rings is 1. The number of carbonyl (C=O) groups excluding carboxylic acids is 1. The van der Waals surface area contributed by atoms with E-state index in [0.717, 1.165) is 0 Å². The Hall–Kier alpha value is -1.51. The van der Waals surface area contributed by atoms with Crippen molar-refractivity contribution in [3.05, 3.63) is 29.8 Å². The fraction of sp³-hybridized carbons (Fsp3) is 0.364. The van der Waals surface area contributed by atoms with Crippen molar-refractivity contribution in [2.24, 2.45) is 5.73 Å². The highest BCUT2D eigenvalue weighted by Crippen LogP contribution is 2.13. The number of para-hydroxylation sites is 1. The minimum absolute atomic E-state index is 0.0741. The third kappa shape index (κ3) is 4.50. The van der Waals surface area contributed by atoms with Crippen molar-refractivity contribution in [2.75, 3.05) is 0 Å². The van der Waals surface area contributed by atoms with E-state index in [1.54, 1.807) is 12.1 Å². The first-order valence-electron chi connectivity index (χ1n) is 4.71. The second-order valence-electron chi connectivity index (χ2n) is 2.88. The molecule has 0 bridgehead atoms. The smallest absolute Gasteiger partial charge is 0.252 e. The first kappa shape index (κ1) is 12.5. The number of hydrogen-bond acceptors (Lipinski definition) is 2. The minimum Gasteiger partial charge on any atom is -0.507 e. The standard InChI is InChI=1S/C7H7NO2.C4H10/c8-7(10)5-3-1-2-4-6(5)9;1-3-4-2/h1-4,9H,(H2,8,10);3-4H2,1-2H3. The average Bonchev–Trinajstić information content (AvgIpc) is 2.18. The Morgan fingerprint density at radius 3 is 2.07 bits per heavy atom. The van der Waals surface area contributed by atoms with Gasteiger partial charge in [-0.25, -0.2) is 0 Å². The zero-order chi connectivity index (χ0) is 11.0. The number of aromatic hydroxyl groups is 1. The van der Waals surface area contributed by atoms with Gasteiger partial charge in [-0.1, -0.05) is 38.8 Å². The lowest BCUT2D eigenvalue weighted by atomic mass is 10.2. The van der Waals surface area contributed by atoms with E-state index in [1.165, 1.54) is 25.0 Å². The maximum absolute atomic E-state index is 10.5. The van der Waals surface area contributed by atoms with Gasteiger partial charge in [0.1, 0.15) is 5.75 Å². The Morgan fingerprint density at radius 2 is 1.79 bits per heavy atom. The normalized spacial score (nSPS) is 8.71. The molecule has 1 aromatic carbocycles. The molecule has 14 heavy (non-hydrogen) atoms. The maximum atomic E-state index is 10.5. The molecule has 1 aromatic rings. The Bertz CT molecular complexity index is 282. The van der Waals surface area contributed by atoms with E-state index in [9.17, 15) is 4.79 Å². The fourth-order valence-electron chi connectivity index (χ4n) is 0.682. The van der Waals surface area contributed by atoms with Crippen LogP contribution in [0.25, 0.3) is 0 Å². The number of rotatable bonds is 2. The SMILES string of the molecule is CCCC.NC(=O)c1ccccc1O. The van der Waals surface area contributed by atoms with Crippen LogP contribution in [-0.4, -0.2) is 11.0 Å². The van der Waals surface area contributed by atoms with Gasteiger partial charge in [-0.15, -0.1) is 0 Å². The number of primary amides is 1. The minimum atomic E-state index is -0.613. The van der Waals surface area contributed by atoms with Crippen molar-refractivity contribution >= 4 is 5.91 Å². The largest absolute Gasteiger partial charge is 0.507 e. The van der Waals surface area contributed by atoms with E-state index in [0.29, 0.717) is 0 Å². The summed E-state index contributed by atoms with van der Waals surface area (Å²) >= 11 is 0. The van der Waals surface area contributed by atoms with Crippen LogP contribution in [0.5, 0.6) is 5.75 Å². The Morgan fingerprint density at radius 1 is 1.29 bits per heavy atom. The summed E-state index contributed by atoms with van der Waals surface area (Å²) in [4.78, 5) is 10.5. The Kier molecular flexibility index (Phi) is 6.20. The maximum Gasteiger partial charge on any atom is 0.252 e. The van der Waals surface area contributed by atoms with Gasteiger partial charge in [0.25, 0.3) is 5.91 Å². The molecule has 1 amide bonds. The molecule has 0 fully saturated rings. The number of carbonyl (C=O) groups is 1. The van der Waals surface area contributed by atoms with Crippen LogP contribution in [0.4, 0.5) is 0 Å². The predicted octanol–water partition coefficient (Wildman–Crippen LogP) is 2.30. The zero-order valence-electron chi connectivity index (χ0n) is 8.66. The average molecular weight is 195 g/mol. The summed E-state index contributed by atoms with van der Waals surface area (Å²) in [5, 5.41) is 8.98. The highest BCUT2D eigenvalue weighted by atomic mass is 16.3. The molecule has 3 nitrogen and oxygen atoms in total. The highest BCUT2D eigenvalue weighted by molar-refractivity contribution is 5.95. The third-order valence-corrected chi connectivity index (χ3v) is 1.67. The van der Waals surface area contributed by atoms with Crippen molar-refractivity contribution in [2.45, 2.75) is 26.7 Å². The lowest BCUT2D eigenvalue weighted by Crippen LogP contribution is -2.10. The topological polar surface area (TPSA) is 63.3 Å². The molecule has 0 saturated carbocycles. The quantitative estimate of drug-likeness (QED) is 0.760. The summed E-state index contributed by atoms with van der Waals surface area (Å²) in [5.41, 5.74) is 5.07. The summed E-state index contributed by atoms with van der Waals surface area (Å²) in [6.45, 7) is 4.36. The van der Waals surface area contributed by atoms with Gasteiger partial charge in [-0.3, -0.25) is 4.79 Å². The first-order valence-corrected chi connectivity index (χ1v) is 4.71. The molecule has 3 heteroatoms. The van der Waals surface area contributed by atoms with E-state index in [-0.39, 0.29) is 11.3 Å². The molecular formula is C11H17NO2. The van der Waals surface area contributed by atoms with E-state index in [1.807, 2.05) is 0 Å². The predicted molar refractivity (Wildman–Crippen MR) is 57.2 cm³/mol. The van der Waals surface area contributed by atoms with Crippen molar-refractivity contribution in [1.82, 2.24) is 0 Å². The molecule has 1 rings (SSSR count).